The number of amides is 4. The summed E-state index contributed by atoms with van der Waals surface area (Å²) < 4.78 is 0. The van der Waals surface area contributed by atoms with Gasteiger partial charge < -0.3 is 4.90 Å². The van der Waals surface area contributed by atoms with E-state index < -0.39 is 17.8 Å². The Kier molecular flexibility index (Phi) is 4.42. The first-order valence-electron chi connectivity index (χ1n) is 5.49. The molecular weight excluding hydrogens is 210 g/mol. The molecule has 1 saturated heterocycles. The van der Waals surface area contributed by atoms with Crippen LogP contribution in [0.15, 0.2) is 0 Å². The second-order valence-electron chi connectivity index (χ2n) is 3.60. The molecule has 1 rings (SSSR count). The van der Waals surface area contributed by atoms with Crippen LogP contribution in [-0.4, -0.2) is 53.8 Å². The maximum Gasteiger partial charge on any atom is 0.331 e. The molecule has 90 valence electrons. The largest absolute Gasteiger partial charge is 0.331 e. The van der Waals surface area contributed by atoms with Gasteiger partial charge in [-0.2, -0.15) is 0 Å². The van der Waals surface area contributed by atoms with Crippen LogP contribution < -0.4 is 5.32 Å². The van der Waals surface area contributed by atoms with Gasteiger partial charge in [0.2, 0.25) is 0 Å². The number of rotatable bonds is 6. The number of nitrogens with one attached hydrogen (secondary N) is 1. The molecule has 0 bridgehead atoms. The van der Waals surface area contributed by atoms with E-state index in [0.29, 0.717) is 13.0 Å². The lowest BCUT2D eigenvalue weighted by atomic mass is 10.3. The SMILES string of the molecule is CCN(CC)CCCN1C(=O)NC(=O)C1=O. The van der Waals surface area contributed by atoms with E-state index in [4.69, 9.17) is 0 Å². The quantitative estimate of drug-likeness (QED) is 0.504. The summed E-state index contributed by atoms with van der Waals surface area (Å²) in [6.45, 7) is 7.11. The predicted octanol–water partition coefficient (Wildman–Crippen LogP) is -0.203. The summed E-state index contributed by atoms with van der Waals surface area (Å²) in [7, 11) is 0. The zero-order chi connectivity index (χ0) is 12.1. The van der Waals surface area contributed by atoms with Crippen molar-refractivity contribution < 1.29 is 14.4 Å². The van der Waals surface area contributed by atoms with Gasteiger partial charge in [-0.25, -0.2) is 4.79 Å². The number of hydrogen-bond acceptors (Lipinski definition) is 4. The number of carbonyl (C=O) groups excluding carboxylic acids is 3. The summed E-state index contributed by atoms with van der Waals surface area (Å²) >= 11 is 0. The van der Waals surface area contributed by atoms with E-state index in [1.807, 2.05) is 5.32 Å². The summed E-state index contributed by atoms with van der Waals surface area (Å²) in [6.07, 6.45) is 0.689. The number of hydrogen-bond donors (Lipinski definition) is 1. The molecule has 4 amide bonds. The van der Waals surface area contributed by atoms with Gasteiger partial charge in [0, 0.05) is 6.54 Å². The van der Waals surface area contributed by atoms with Crippen molar-refractivity contribution in [2.24, 2.45) is 0 Å². The molecule has 1 heterocycles. The first-order valence-corrected chi connectivity index (χ1v) is 5.49. The van der Waals surface area contributed by atoms with Crippen molar-refractivity contribution in [1.29, 1.82) is 0 Å². The maximum absolute atomic E-state index is 11.2. The summed E-state index contributed by atoms with van der Waals surface area (Å²) in [5, 5.41) is 1.97. The zero-order valence-corrected chi connectivity index (χ0v) is 9.65. The normalized spacial score (nSPS) is 16.2. The van der Waals surface area contributed by atoms with Crippen LogP contribution in [0.3, 0.4) is 0 Å². The van der Waals surface area contributed by atoms with Gasteiger partial charge in [-0.05, 0) is 26.1 Å². The van der Waals surface area contributed by atoms with Gasteiger partial charge in [-0.3, -0.25) is 19.8 Å². The number of carbonyl (C=O) groups is 3. The minimum absolute atomic E-state index is 0.299. The van der Waals surface area contributed by atoms with Crippen LogP contribution in [0.1, 0.15) is 20.3 Å². The third-order valence-electron chi connectivity index (χ3n) is 2.66. The van der Waals surface area contributed by atoms with Crippen molar-refractivity contribution in [3.8, 4) is 0 Å². The van der Waals surface area contributed by atoms with Crippen molar-refractivity contribution >= 4 is 17.8 Å². The molecule has 16 heavy (non-hydrogen) atoms. The molecule has 0 aromatic carbocycles. The standard InChI is InChI=1S/C10H17N3O3/c1-3-12(4-2)6-5-7-13-9(15)8(14)11-10(13)16/h3-7H2,1-2H3,(H,11,14,16). The molecule has 0 aromatic heterocycles. The zero-order valence-electron chi connectivity index (χ0n) is 9.65. The van der Waals surface area contributed by atoms with E-state index in [9.17, 15) is 14.4 Å². The highest BCUT2D eigenvalue weighted by atomic mass is 16.2. The second kappa shape index (κ2) is 5.60. The fourth-order valence-electron chi connectivity index (χ4n) is 1.63. The Morgan fingerprint density at radius 3 is 2.25 bits per heavy atom. The highest BCUT2D eigenvalue weighted by molar-refractivity contribution is 6.44. The van der Waals surface area contributed by atoms with Crippen molar-refractivity contribution in [2.75, 3.05) is 26.2 Å². The van der Waals surface area contributed by atoms with Crippen molar-refractivity contribution in [2.45, 2.75) is 20.3 Å². The predicted molar refractivity (Wildman–Crippen MR) is 57.7 cm³/mol. The maximum atomic E-state index is 11.2. The lowest BCUT2D eigenvalue weighted by molar-refractivity contribution is -0.140. The average Bonchev–Trinajstić information content (AvgIpc) is 2.50. The second-order valence-corrected chi connectivity index (χ2v) is 3.60. The van der Waals surface area contributed by atoms with Gasteiger partial charge in [0.05, 0.1) is 0 Å². The summed E-state index contributed by atoms with van der Waals surface area (Å²) in [6, 6.07) is -0.602. The van der Waals surface area contributed by atoms with Crippen LogP contribution in [0, 0.1) is 0 Å². The highest BCUT2D eigenvalue weighted by Crippen LogP contribution is 2.02. The molecule has 0 saturated carbocycles. The van der Waals surface area contributed by atoms with E-state index in [2.05, 4.69) is 18.7 Å². The molecule has 0 atom stereocenters. The van der Waals surface area contributed by atoms with Crippen LogP contribution in [0.25, 0.3) is 0 Å². The van der Waals surface area contributed by atoms with Crippen LogP contribution in [0.4, 0.5) is 4.79 Å². The lowest BCUT2D eigenvalue weighted by Crippen LogP contribution is -2.34. The summed E-state index contributed by atoms with van der Waals surface area (Å²) in [4.78, 5) is 36.4. The molecule has 6 nitrogen and oxygen atoms in total. The van der Waals surface area contributed by atoms with Crippen molar-refractivity contribution in [3.63, 3.8) is 0 Å². The Bertz CT molecular complexity index is 300. The Labute approximate surface area is 94.6 Å². The Hall–Kier alpha value is -1.43. The van der Waals surface area contributed by atoms with Crippen molar-refractivity contribution in [3.05, 3.63) is 0 Å². The first kappa shape index (κ1) is 12.6. The molecular formula is C10H17N3O3. The van der Waals surface area contributed by atoms with Crippen LogP contribution in [-0.2, 0) is 9.59 Å². The van der Waals surface area contributed by atoms with Crippen LogP contribution in [0.2, 0.25) is 0 Å². The molecule has 1 aliphatic heterocycles. The van der Waals surface area contributed by atoms with Gasteiger partial charge in [0.25, 0.3) is 0 Å². The summed E-state index contributed by atoms with van der Waals surface area (Å²) in [5.41, 5.74) is 0. The third kappa shape index (κ3) is 2.79. The van der Waals surface area contributed by atoms with Crippen LogP contribution >= 0.6 is 0 Å². The number of urea groups is 1. The monoisotopic (exact) mass is 227 g/mol. The van der Waals surface area contributed by atoms with Gasteiger partial charge in [-0.15, -0.1) is 0 Å². The van der Waals surface area contributed by atoms with Gasteiger partial charge >= 0.3 is 17.8 Å². The Morgan fingerprint density at radius 2 is 1.81 bits per heavy atom. The molecule has 0 radical (unpaired) electrons. The van der Waals surface area contributed by atoms with E-state index in [1.165, 1.54) is 0 Å². The molecule has 0 aromatic rings. The van der Waals surface area contributed by atoms with E-state index >= 15 is 0 Å². The number of nitrogens with zero attached hydrogens (tertiary/aromatic N) is 2. The van der Waals surface area contributed by atoms with Crippen LogP contribution in [0.5, 0.6) is 0 Å². The fourth-order valence-corrected chi connectivity index (χ4v) is 1.63. The molecule has 1 fully saturated rings. The molecule has 0 unspecified atom stereocenters. The van der Waals surface area contributed by atoms with E-state index in [0.717, 1.165) is 24.5 Å². The third-order valence-corrected chi connectivity index (χ3v) is 2.66. The minimum Gasteiger partial charge on any atom is -0.304 e. The van der Waals surface area contributed by atoms with Gasteiger partial charge in [0.15, 0.2) is 0 Å². The van der Waals surface area contributed by atoms with Gasteiger partial charge in [-0.1, -0.05) is 13.8 Å². The smallest absolute Gasteiger partial charge is 0.304 e. The lowest BCUT2D eigenvalue weighted by Gasteiger charge is -2.19. The molecule has 1 aliphatic rings. The molecule has 1 N–H and O–H groups in total. The molecule has 0 aliphatic carbocycles. The average molecular weight is 227 g/mol. The minimum atomic E-state index is -0.826. The first-order chi connectivity index (χ1) is 7.60. The Balaban J connectivity index is 2.35. The van der Waals surface area contributed by atoms with E-state index in [-0.39, 0.29) is 0 Å². The van der Waals surface area contributed by atoms with E-state index in [1.54, 1.807) is 0 Å². The topological polar surface area (TPSA) is 69.7 Å². The molecule has 0 spiro atoms. The number of imide groups is 2. The molecule has 6 heteroatoms. The fraction of sp³-hybridized carbons (Fsp3) is 0.700. The van der Waals surface area contributed by atoms with Gasteiger partial charge in [0.1, 0.15) is 0 Å². The Morgan fingerprint density at radius 1 is 1.19 bits per heavy atom. The van der Waals surface area contributed by atoms with Crippen molar-refractivity contribution in [1.82, 2.24) is 15.1 Å². The highest BCUT2D eigenvalue weighted by Gasteiger charge is 2.36. The summed E-state index contributed by atoms with van der Waals surface area (Å²) in [5.74, 6) is -1.57.